The maximum absolute atomic E-state index is 12.8. The highest BCUT2D eigenvalue weighted by Crippen LogP contribution is 2.31. The predicted molar refractivity (Wildman–Crippen MR) is 87.7 cm³/mol. The van der Waals surface area contributed by atoms with Crippen molar-refractivity contribution in [2.45, 2.75) is 25.4 Å². The van der Waals surface area contributed by atoms with Crippen molar-refractivity contribution in [1.82, 2.24) is 19.4 Å². The van der Waals surface area contributed by atoms with E-state index >= 15 is 0 Å². The smallest absolute Gasteiger partial charge is 0.233 e. The number of aryl methyl sites for hydroxylation is 1. The molecule has 0 N–H and O–H groups in total. The topological polar surface area (TPSA) is 41.4 Å². The monoisotopic (exact) mass is 310 g/mol. The number of rotatable bonds is 3. The number of imidazole rings is 1. The van der Waals surface area contributed by atoms with Crippen LogP contribution in [0.1, 0.15) is 29.3 Å². The molecule has 2 aliphatic heterocycles. The van der Waals surface area contributed by atoms with E-state index in [-0.39, 0.29) is 11.8 Å². The van der Waals surface area contributed by atoms with Crippen molar-refractivity contribution in [3.05, 3.63) is 53.6 Å². The molecule has 5 nitrogen and oxygen atoms in total. The zero-order chi connectivity index (χ0) is 15.8. The minimum atomic E-state index is -0.0877. The second-order valence-corrected chi connectivity index (χ2v) is 6.57. The molecule has 1 aromatic carbocycles. The van der Waals surface area contributed by atoms with E-state index in [0.717, 1.165) is 50.5 Å². The first-order valence-electron chi connectivity index (χ1n) is 8.27. The zero-order valence-corrected chi connectivity index (χ0v) is 13.5. The summed E-state index contributed by atoms with van der Waals surface area (Å²) in [4.78, 5) is 21.7. The third-order valence-corrected chi connectivity index (χ3v) is 4.92. The standard InChI is InChI=1S/C18H22N4O/c1-20-13-19-16-12-21(10-14-6-3-2-4-7-14)11-15(17(16)20)18(23)22-8-5-9-22/h2-4,6-7,13,15H,5,8-12H2,1H3/t15-/m1/s1. The van der Waals surface area contributed by atoms with Crippen molar-refractivity contribution >= 4 is 5.91 Å². The number of hydrogen-bond donors (Lipinski definition) is 0. The molecule has 23 heavy (non-hydrogen) atoms. The molecule has 1 amide bonds. The molecule has 2 aromatic rings. The van der Waals surface area contributed by atoms with Gasteiger partial charge < -0.3 is 9.47 Å². The summed E-state index contributed by atoms with van der Waals surface area (Å²) in [5.74, 6) is 0.175. The predicted octanol–water partition coefficient (Wildman–Crippen LogP) is 1.75. The van der Waals surface area contributed by atoms with Crippen LogP contribution in [-0.4, -0.2) is 44.9 Å². The van der Waals surface area contributed by atoms with Crippen LogP contribution in [-0.2, 0) is 24.9 Å². The molecule has 1 fully saturated rings. The maximum atomic E-state index is 12.8. The van der Waals surface area contributed by atoms with Gasteiger partial charge in [0.15, 0.2) is 0 Å². The van der Waals surface area contributed by atoms with Gasteiger partial charge in [-0.2, -0.15) is 0 Å². The highest BCUT2D eigenvalue weighted by atomic mass is 16.2. The van der Waals surface area contributed by atoms with Crippen molar-refractivity contribution < 1.29 is 4.79 Å². The molecule has 3 heterocycles. The van der Waals surface area contributed by atoms with E-state index in [0.29, 0.717) is 0 Å². The second kappa shape index (κ2) is 5.81. The van der Waals surface area contributed by atoms with Gasteiger partial charge in [-0.15, -0.1) is 0 Å². The first-order chi connectivity index (χ1) is 11.2. The molecular weight excluding hydrogens is 288 g/mol. The summed E-state index contributed by atoms with van der Waals surface area (Å²) in [6, 6.07) is 10.4. The molecule has 0 saturated carbocycles. The van der Waals surface area contributed by atoms with Crippen molar-refractivity contribution in [2.75, 3.05) is 19.6 Å². The number of aromatic nitrogens is 2. The molecule has 120 valence electrons. The first-order valence-corrected chi connectivity index (χ1v) is 8.27. The maximum Gasteiger partial charge on any atom is 0.233 e. The van der Waals surface area contributed by atoms with Gasteiger partial charge in [0.05, 0.1) is 23.6 Å². The summed E-state index contributed by atoms with van der Waals surface area (Å²) < 4.78 is 2.03. The lowest BCUT2D eigenvalue weighted by molar-refractivity contribution is -0.137. The second-order valence-electron chi connectivity index (χ2n) is 6.57. The lowest BCUT2D eigenvalue weighted by Crippen LogP contribution is -2.48. The highest BCUT2D eigenvalue weighted by molar-refractivity contribution is 5.84. The Bertz CT molecular complexity index is 705. The summed E-state index contributed by atoms with van der Waals surface area (Å²) in [6.45, 7) is 4.26. The Morgan fingerprint density at radius 3 is 2.74 bits per heavy atom. The summed E-state index contributed by atoms with van der Waals surface area (Å²) in [5.41, 5.74) is 3.43. The van der Waals surface area contributed by atoms with Crippen LogP contribution in [0.2, 0.25) is 0 Å². The Balaban J connectivity index is 1.59. The van der Waals surface area contributed by atoms with Gasteiger partial charge in [-0.25, -0.2) is 4.98 Å². The minimum absolute atomic E-state index is 0.0877. The van der Waals surface area contributed by atoms with Gasteiger partial charge >= 0.3 is 0 Å². The molecule has 0 unspecified atom stereocenters. The number of carbonyl (C=O) groups excluding carboxylic acids is 1. The van der Waals surface area contributed by atoms with Crippen molar-refractivity contribution in [2.24, 2.45) is 7.05 Å². The molecule has 0 spiro atoms. The fourth-order valence-corrected chi connectivity index (χ4v) is 3.59. The quantitative estimate of drug-likeness (QED) is 0.867. The van der Waals surface area contributed by atoms with Gasteiger partial charge in [0.2, 0.25) is 5.91 Å². The van der Waals surface area contributed by atoms with E-state index in [1.54, 1.807) is 0 Å². The fraction of sp³-hybridized carbons (Fsp3) is 0.444. The molecule has 5 heteroatoms. The summed E-state index contributed by atoms with van der Waals surface area (Å²) in [6.07, 6.45) is 2.97. The van der Waals surface area contributed by atoms with E-state index in [9.17, 15) is 4.79 Å². The largest absolute Gasteiger partial charge is 0.342 e. The van der Waals surface area contributed by atoms with Crippen LogP contribution < -0.4 is 0 Å². The van der Waals surface area contributed by atoms with Crippen LogP contribution in [0.5, 0.6) is 0 Å². The fourth-order valence-electron chi connectivity index (χ4n) is 3.59. The molecule has 0 radical (unpaired) electrons. The zero-order valence-electron chi connectivity index (χ0n) is 13.5. The van der Waals surface area contributed by atoms with Crippen LogP contribution in [0.25, 0.3) is 0 Å². The molecule has 1 atom stereocenters. The molecule has 0 aliphatic carbocycles. The normalized spacial score (nSPS) is 20.9. The average molecular weight is 310 g/mol. The Morgan fingerprint density at radius 1 is 1.26 bits per heavy atom. The number of benzene rings is 1. The van der Waals surface area contributed by atoms with E-state index in [1.165, 1.54) is 5.56 Å². The number of fused-ring (bicyclic) bond motifs is 1. The molecule has 1 saturated heterocycles. The molecule has 0 bridgehead atoms. The van der Waals surface area contributed by atoms with E-state index in [1.807, 2.05) is 28.9 Å². The minimum Gasteiger partial charge on any atom is -0.342 e. The van der Waals surface area contributed by atoms with Crippen LogP contribution >= 0.6 is 0 Å². The summed E-state index contributed by atoms with van der Waals surface area (Å²) >= 11 is 0. The van der Waals surface area contributed by atoms with Gasteiger partial charge in [-0.05, 0) is 12.0 Å². The highest BCUT2D eigenvalue weighted by Gasteiger charge is 2.37. The van der Waals surface area contributed by atoms with Crippen LogP contribution in [0.15, 0.2) is 36.7 Å². The number of amides is 1. The van der Waals surface area contributed by atoms with Crippen molar-refractivity contribution in [3.8, 4) is 0 Å². The molecule has 2 aliphatic rings. The first kappa shape index (κ1) is 14.5. The molecular formula is C18H22N4O. The van der Waals surface area contributed by atoms with Crippen LogP contribution in [0.3, 0.4) is 0 Å². The number of nitrogens with zero attached hydrogens (tertiary/aromatic N) is 4. The number of carbonyl (C=O) groups is 1. The Labute approximate surface area is 136 Å². The lowest BCUT2D eigenvalue weighted by atomic mass is 9.95. The third-order valence-electron chi connectivity index (χ3n) is 4.92. The summed E-state index contributed by atoms with van der Waals surface area (Å²) in [7, 11) is 2.00. The van der Waals surface area contributed by atoms with Gasteiger partial charge in [-0.1, -0.05) is 30.3 Å². The third kappa shape index (κ3) is 2.65. The number of likely N-dealkylation sites (tertiary alicyclic amines) is 1. The van der Waals surface area contributed by atoms with E-state index in [2.05, 4.69) is 34.1 Å². The molecule has 1 aromatic heterocycles. The number of hydrogen-bond acceptors (Lipinski definition) is 3. The van der Waals surface area contributed by atoms with Crippen LogP contribution in [0, 0.1) is 0 Å². The van der Waals surface area contributed by atoms with Gasteiger partial charge in [-0.3, -0.25) is 9.69 Å². The Hall–Kier alpha value is -2.14. The van der Waals surface area contributed by atoms with Crippen LogP contribution in [0.4, 0.5) is 0 Å². The van der Waals surface area contributed by atoms with Gasteiger partial charge in [0.1, 0.15) is 0 Å². The van der Waals surface area contributed by atoms with E-state index in [4.69, 9.17) is 0 Å². The van der Waals surface area contributed by atoms with Gasteiger partial charge in [0, 0.05) is 39.8 Å². The van der Waals surface area contributed by atoms with Gasteiger partial charge in [0.25, 0.3) is 0 Å². The molecule has 4 rings (SSSR count). The van der Waals surface area contributed by atoms with Crippen molar-refractivity contribution in [3.63, 3.8) is 0 Å². The van der Waals surface area contributed by atoms with E-state index < -0.39 is 0 Å². The SMILES string of the molecule is Cn1cnc2c1[C@H](C(=O)N1CCC1)CN(Cc1ccccc1)C2. The van der Waals surface area contributed by atoms with Crippen molar-refractivity contribution in [1.29, 1.82) is 0 Å². The Morgan fingerprint density at radius 2 is 2.04 bits per heavy atom. The Kier molecular flexibility index (Phi) is 3.65. The summed E-state index contributed by atoms with van der Waals surface area (Å²) in [5, 5.41) is 0. The lowest BCUT2D eigenvalue weighted by Gasteiger charge is -2.38. The average Bonchev–Trinajstić information content (AvgIpc) is 2.87.